The molecule has 0 saturated carbocycles. The summed E-state index contributed by atoms with van der Waals surface area (Å²) in [4.78, 5) is 24.8. The minimum atomic E-state index is -3.47. The van der Waals surface area contributed by atoms with Crippen molar-refractivity contribution in [1.29, 1.82) is 0 Å². The second-order valence-corrected chi connectivity index (χ2v) is 8.61. The zero-order chi connectivity index (χ0) is 19.4. The van der Waals surface area contributed by atoms with Gasteiger partial charge >= 0.3 is 0 Å². The average molecular weight is 388 g/mol. The van der Waals surface area contributed by atoms with E-state index >= 15 is 0 Å². The molecule has 2 aromatic carbocycles. The summed E-state index contributed by atoms with van der Waals surface area (Å²) in [5, 5.41) is 10.7. The van der Waals surface area contributed by atoms with Crippen LogP contribution in [0.1, 0.15) is 18.4 Å². The van der Waals surface area contributed by atoms with Crippen molar-refractivity contribution >= 4 is 21.4 Å². The Morgan fingerprint density at radius 2 is 1.78 bits per heavy atom. The molecule has 3 rings (SSSR count). The first-order valence-electron chi connectivity index (χ1n) is 8.67. The van der Waals surface area contributed by atoms with Crippen LogP contribution >= 0.6 is 0 Å². The first kappa shape index (κ1) is 19.0. The highest BCUT2D eigenvalue weighted by Crippen LogP contribution is 2.23. The lowest BCUT2D eigenvalue weighted by molar-refractivity contribution is -0.384. The van der Waals surface area contributed by atoms with Crippen LogP contribution in [0.3, 0.4) is 0 Å². The summed E-state index contributed by atoms with van der Waals surface area (Å²) in [7, 11) is -3.47. The lowest BCUT2D eigenvalue weighted by atomic mass is 10.1. The Bertz CT molecular complexity index is 926. The minimum absolute atomic E-state index is 0.0285. The molecule has 1 atom stereocenters. The molecule has 0 spiro atoms. The number of carbonyl (C=O) groups is 1. The van der Waals surface area contributed by atoms with E-state index in [9.17, 15) is 23.3 Å². The van der Waals surface area contributed by atoms with Gasteiger partial charge in [-0.05, 0) is 30.5 Å². The molecule has 7 nitrogen and oxygen atoms in total. The first-order valence-corrected chi connectivity index (χ1v) is 10.3. The molecule has 8 heteroatoms. The maximum Gasteiger partial charge on any atom is 0.269 e. The van der Waals surface area contributed by atoms with Gasteiger partial charge in [0.15, 0.2) is 9.84 Å². The van der Waals surface area contributed by atoms with E-state index in [0.29, 0.717) is 18.5 Å². The van der Waals surface area contributed by atoms with Crippen molar-refractivity contribution in [2.75, 3.05) is 12.3 Å². The largest absolute Gasteiger partial charge is 0.338 e. The SMILES string of the molecule is O=C(Cc1ccc([N+](=O)[O-])cc1)N1CCCC1CS(=O)(=O)c1ccccc1. The van der Waals surface area contributed by atoms with E-state index in [1.807, 2.05) is 0 Å². The van der Waals surface area contributed by atoms with Crippen LogP contribution in [0.5, 0.6) is 0 Å². The Kier molecular flexibility index (Phi) is 5.55. The minimum Gasteiger partial charge on any atom is -0.338 e. The standard InChI is InChI=1S/C19H20N2O5S/c22-19(13-15-8-10-16(11-9-15)21(23)24)20-12-4-5-17(20)14-27(25,26)18-6-2-1-3-7-18/h1-3,6-11,17H,4-5,12-14H2. The van der Waals surface area contributed by atoms with Crippen LogP contribution in [0.2, 0.25) is 0 Å². The monoisotopic (exact) mass is 388 g/mol. The maximum atomic E-state index is 12.7. The van der Waals surface area contributed by atoms with E-state index in [1.54, 1.807) is 47.4 Å². The fourth-order valence-corrected chi connectivity index (χ4v) is 4.94. The van der Waals surface area contributed by atoms with Crippen molar-refractivity contribution < 1.29 is 18.1 Å². The van der Waals surface area contributed by atoms with Crippen LogP contribution < -0.4 is 0 Å². The highest BCUT2D eigenvalue weighted by atomic mass is 32.2. The molecule has 142 valence electrons. The summed E-state index contributed by atoms with van der Waals surface area (Å²) in [6.45, 7) is 0.529. The number of hydrogen-bond donors (Lipinski definition) is 0. The molecule has 0 N–H and O–H groups in total. The summed E-state index contributed by atoms with van der Waals surface area (Å²) in [6, 6.07) is 13.7. The van der Waals surface area contributed by atoms with Crippen molar-refractivity contribution in [2.24, 2.45) is 0 Å². The Morgan fingerprint density at radius 1 is 1.11 bits per heavy atom. The third-order valence-corrected chi connectivity index (χ3v) is 6.53. The van der Waals surface area contributed by atoms with Gasteiger partial charge in [-0.3, -0.25) is 14.9 Å². The van der Waals surface area contributed by atoms with Crippen molar-refractivity contribution in [2.45, 2.75) is 30.2 Å². The van der Waals surface area contributed by atoms with Crippen molar-refractivity contribution in [3.63, 3.8) is 0 Å². The van der Waals surface area contributed by atoms with E-state index in [-0.39, 0.29) is 34.7 Å². The quantitative estimate of drug-likeness (QED) is 0.560. The maximum absolute atomic E-state index is 12.7. The molecule has 2 aromatic rings. The molecule has 1 unspecified atom stereocenters. The number of amides is 1. The van der Waals surface area contributed by atoms with Gasteiger partial charge in [-0.1, -0.05) is 30.3 Å². The highest BCUT2D eigenvalue weighted by molar-refractivity contribution is 7.91. The van der Waals surface area contributed by atoms with Crippen LogP contribution in [-0.2, 0) is 21.1 Å². The summed E-state index contributed by atoms with van der Waals surface area (Å²) in [5.41, 5.74) is 0.640. The molecule has 1 amide bonds. The van der Waals surface area contributed by atoms with Crippen LogP contribution in [0.25, 0.3) is 0 Å². The second-order valence-electron chi connectivity index (χ2n) is 6.58. The number of nitro groups is 1. The molecule has 0 bridgehead atoms. The van der Waals surface area contributed by atoms with E-state index in [4.69, 9.17) is 0 Å². The van der Waals surface area contributed by atoms with Crippen molar-refractivity contribution in [1.82, 2.24) is 4.90 Å². The van der Waals surface area contributed by atoms with Crippen LogP contribution in [0.15, 0.2) is 59.5 Å². The number of nitro benzene ring substituents is 1. The average Bonchev–Trinajstić information content (AvgIpc) is 3.10. The fraction of sp³-hybridized carbons (Fsp3) is 0.316. The molecule has 27 heavy (non-hydrogen) atoms. The van der Waals surface area contributed by atoms with E-state index in [0.717, 1.165) is 6.42 Å². The molecule has 1 fully saturated rings. The third kappa shape index (κ3) is 4.51. The number of likely N-dealkylation sites (tertiary alicyclic amines) is 1. The lowest BCUT2D eigenvalue weighted by Crippen LogP contribution is -2.40. The van der Waals surface area contributed by atoms with Gasteiger partial charge in [0.1, 0.15) is 0 Å². The molecule has 1 aliphatic rings. The van der Waals surface area contributed by atoms with Gasteiger partial charge < -0.3 is 4.90 Å². The Morgan fingerprint density at radius 3 is 2.41 bits per heavy atom. The van der Waals surface area contributed by atoms with Gasteiger partial charge in [0.25, 0.3) is 5.69 Å². The number of hydrogen-bond acceptors (Lipinski definition) is 5. The van der Waals surface area contributed by atoms with Gasteiger partial charge in [0.2, 0.25) is 5.91 Å². The van der Waals surface area contributed by atoms with Crippen LogP contribution in [0, 0.1) is 10.1 Å². The third-order valence-electron chi connectivity index (χ3n) is 4.71. The van der Waals surface area contributed by atoms with Gasteiger partial charge in [-0.15, -0.1) is 0 Å². The molecule has 1 heterocycles. The summed E-state index contributed by atoms with van der Waals surface area (Å²) in [6.07, 6.45) is 1.51. The molecule has 0 aromatic heterocycles. The van der Waals surface area contributed by atoms with Gasteiger partial charge in [0.05, 0.1) is 22.0 Å². The predicted octanol–water partition coefficient (Wildman–Crippen LogP) is 2.60. The number of rotatable bonds is 6. The van der Waals surface area contributed by atoms with Crippen LogP contribution in [0.4, 0.5) is 5.69 Å². The summed E-state index contributed by atoms with van der Waals surface area (Å²) in [5.74, 6) is -0.252. The predicted molar refractivity (Wildman–Crippen MR) is 100 cm³/mol. The summed E-state index contributed by atoms with van der Waals surface area (Å²) < 4.78 is 25.2. The van der Waals surface area contributed by atoms with Gasteiger partial charge in [-0.25, -0.2) is 8.42 Å². The molecule has 0 radical (unpaired) electrons. The molecule has 0 aliphatic carbocycles. The van der Waals surface area contributed by atoms with E-state index < -0.39 is 14.8 Å². The first-order chi connectivity index (χ1) is 12.9. The normalized spacial score (nSPS) is 17.0. The Labute approximate surface area is 157 Å². The van der Waals surface area contributed by atoms with Crippen LogP contribution in [-0.4, -0.2) is 42.5 Å². The topological polar surface area (TPSA) is 97.6 Å². The molecular weight excluding hydrogens is 368 g/mol. The molecule has 1 aliphatic heterocycles. The highest BCUT2D eigenvalue weighted by Gasteiger charge is 2.32. The fourth-order valence-electron chi connectivity index (χ4n) is 3.33. The van der Waals surface area contributed by atoms with E-state index in [1.165, 1.54) is 12.1 Å². The zero-order valence-corrected chi connectivity index (χ0v) is 15.5. The second kappa shape index (κ2) is 7.87. The van der Waals surface area contributed by atoms with Crippen molar-refractivity contribution in [3.05, 3.63) is 70.3 Å². The van der Waals surface area contributed by atoms with Gasteiger partial charge in [0, 0.05) is 24.7 Å². The number of nitrogens with zero attached hydrogens (tertiary/aromatic N) is 2. The number of non-ortho nitro benzene ring substituents is 1. The zero-order valence-electron chi connectivity index (χ0n) is 14.7. The number of benzene rings is 2. The van der Waals surface area contributed by atoms with Crippen molar-refractivity contribution in [3.8, 4) is 0 Å². The Balaban J connectivity index is 1.68. The number of sulfone groups is 1. The number of carbonyl (C=O) groups excluding carboxylic acids is 1. The van der Waals surface area contributed by atoms with Gasteiger partial charge in [-0.2, -0.15) is 0 Å². The smallest absolute Gasteiger partial charge is 0.269 e. The summed E-state index contributed by atoms with van der Waals surface area (Å²) >= 11 is 0. The molecular formula is C19H20N2O5S. The van der Waals surface area contributed by atoms with E-state index in [2.05, 4.69) is 0 Å². The Hall–Kier alpha value is -2.74. The molecule has 1 saturated heterocycles. The lowest BCUT2D eigenvalue weighted by Gasteiger charge is -2.24.